The van der Waals surface area contributed by atoms with E-state index in [9.17, 15) is 29.7 Å². The summed E-state index contributed by atoms with van der Waals surface area (Å²) in [7, 11) is 0. The molecule has 3 atom stereocenters. The number of unbranched alkanes of at least 4 members (excludes halogenated alkanes) is 17. The minimum absolute atomic E-state index is 0.134. The summed E-state index contributed by atoms with van der Waals surface area (Å²) in [5.41, 5.74) is 0. The van der Waals surface area contributed by atoms with Gasteiger partial charge in [-0.1, -0.05) is 130 Å². The Bertz CT molecular complexity index is 598. The number of quaternary nitrogens is 1. The number of rotatable bonds is 28. The minimum Gasteiger partial charge on any atom is -0.544 e. The zero-order valence-corrected chi connectivity index (χ0v) is 25.8. The lowest BCUT2D eigenvalue weighted by molar-refractivity contribution is -0.974. The van der Waals surface area contributed by atoms with Gasteiger partial charge in [-0.2, -0.15) is 0 Å². The number of carboxylic acids is 3. The smallest absolute Gasteiger partial charge is 0.362 e. The fraction of sp³-hybridized carbons (Fsp3) is 0.906. The molecule has 0 spiro atoms. The van der Waals surface area contributed by atoms with E-state index in [1.165, 1.54) is 89.9 Å². The van der Waals surface area contributed by atoms with Crippen LogP contribution in [0.25, 0.3) is 0 Å². The lowest BCUT2D eigenvalue weighted by atomic mass is 9.93. The number of carboxylic acid groups (broad SMARTS) is 3. The van der Waals surface area contributed by atoms with Crippen molar-refractivity contribution in [3.05, 3.63) is 0 Å². The summed E-state index contributed by atoms with van der Waals surface area (Å²) >= 11 is 0. The molecule has 39 heavy (non-hydrogen) atoms. The highest BCUT2D eigenvalue weighted by Crippen LogP contribution is 2.32. The van der Waals surface area contributed by atoms with Gasteiger partial charge in [0, 0.05) is 19.3 Å². The molecule has 0 fully saturated rings. The summed E-state index contributed by atoms with van der Waals surface area (Å²) in [5, 5.41) is 32.1. The van der Waals surface area contributed by atoms with Crippen LogP contribution in [0.4, 0.5) is 0 Å². The van der Waals surface area contributed by atoms with Crippen LogP contribution in [0, 0.1) is 0 Å². The summed E-state index contributed by atoms with van der Waals surface area (Å²) in [4.78, 5) is 36.6. The Balaban J connectivity index is 4.52. The Hall–Kier alpha value is -1.63. The normalized spacial score (nSPS) is 15.4. The van der Waals surface area contributed by atoms with Gasteiger partial charge in [0.05, 0.1) is 12.5 Å². The zero-order chi connectivity index (χ0) is 29.5. The molecule has 0 aliphatic rings. The van der Waals surface area contributed by atoms with Crippen LogP contribution < -0.4 is 5.11 Å². The molecule has 230 valence electrons. The molecule has 0 bridgehead atoms. The molecule has 0 aliphatic heterocycles. The van der Waals surface area contributed by atoms with E-state index in [0.29, 0.717) is 6.42 Å². The molecule has 0 amide bonds. The molecule has 0 aromatic heterocycles. The van der Waals surface area contributed by atoms with E-state index in [1.54, 1.807) is 20.8 Å². The van der Waals surface area contributed by atoms with Crippen LogP contribution in [-0.2, 0) is 14.4 Å². The van der Waals surface area contributed by atoms with E-state index in [2.05, 4.69) is 6.92 Å². The van der Waals surface area contributed by atoms with E-state index in [0.717, 1.165) is 19.3 Å². The van der Waals surface area contributed by atoms with Crippen LogP contribution in [-0.4, -0.2) is 57.3 Å². The van der Waals surface area contributed by atoms with E-state index in [4.69, 9.17) is 0 Å². The Kier molecular flexibility index (Phi) is 22.1. The average Bonchev–Trinajstić information content (AvgIpc) is 2.88. The van der Waals surface area contributed by atoms with E-state index in [1.807, 2.05) is 0 Å². The van der Waals surface area contributed by atoms with Crippen LogP contribution >= 0.6 is 0 Å². The molecular weight excluding hydrogens is 494 g/mol. The maximum Gasteiger partial charge on any atom is 0.362 e. The van der Waals surface area contributed by atoms with Gasteiger partial charge < -0.3 is 20.1 Å². The first-order valence-corrected chi connectivity index (χ1v) is 16.3. The standard InChI is InChI=1S/C32H61NO6/c1-5-9-10-11-12-13-14-15-16-17-18-19-20-21-22-23-24-25-26-33(27(6-2)30(34)35,28(7-3)31(36)37)29(8-4)32(38)39/h27-29H,5-26H2,1-4H3,(H2-,34,35,36,37,38,39). The second kappa shape index (κ2) is 23.1. The van der Waals surface area contributed by atoms with Crippen molar-refractivity contribution in [3.8, 4) is 0 Å². The highest BCUT2D eigenvalue weighted by Gasteiger charge is 2.53. The topological polar surface area (TPSA) is 115 Å². The quantitative estimate of drug-likeness (QED) is 0.0786. The molecule has 3 unspecified atom stereocenters. The van der Waals surface area contributed by atoms with Crippen LogP contribution in [0.2, 0.25) is 0 Å². The number of carbonyl (C=O) groups is 3. The van der Waals surface area contributed by atoms with Gasteiger partial charge in [-0.25, -0.2) is 9.59 Å². The number of carbonyl (C=O) groups excluding carboxylic acids is 1. The molecule has 0 heterocycles. The van der Waals surface area contributed by atoms with Crippen LogP contribution in [0.5, 0.6) is 0 Å². The average molecular weight is 556 g/mol. The third-order valence-corrected chi connectivity index (χ3v) is 8.64. The predicted molar refractivity (Wildman–Crippen MR) is 156 cm³/mol. The second-order valence-electron chi connectivity index (χ2n) is 11.5. The first-order valence-electron chi connectivity index (χ1n) is 16.3. The first kappa shape index (κ1) is 37.4. The summed E-state index contributed by atoms with van der Waals surface area (Å²) in [6.07, 6.45) is 22.7. The summed E-state index contributed by atoms with van der Waals surface area (Å²) in [5.74, 6) is -3.64. The fourth-order valence-corrected chi connectivity index (χ4v) is 6.55. The van der Waals surface area contributed by atoms with Crippen molar-refractivity contribution >= 4 is 17.9 Å². The summed E-state index contributed by atoms with van der Waals surface area (Å²) in [6, 6.07) is -3.36. The van der Waals surface area contributed by atoms with E-state index in [-0.39, 0.29) is 25.8 Å². The SMILES string of the molecule is CCCCCCCCCCCCCCCCCCCC[N+](C(CC)C(=O)[O-])(C(CC)C(=O)O)C(CC)C(=O)O. The predicted octanol–water partition coefficient (Wildman–Crippen LogP) is 7.10. The van der Waals surface area contributed by atoms with Gasteiger partial charge >= 0.3 is 11.9 Å². The van der Waals surface area contributed by atoms with Gasteiger partial charge in [0.15, 0.2) is 12.1 Å². The number of hydrogen-bond donors (Lipinski definition) is 2. The van der Waals surface area contributed by atoms with Gasteiger partial charge in [0.2, 0.25) is 0 Å². The lowest BCUT2D eigenvalue weighted by Crippen LogP contribution is -2.73. The summed E-state index contributed by atoms with van der Waals surface area (Å²) in [6.45, 7) is 7.54. The van der Waals surface area contributed by atoms with Crippen LogP contribution in [0.1, 0.15) is 163 Å². The number of hydrogen-bond acceptors (Lipinski definition) is 4. The monoisotopic (exact) mass is 555 g/mol. The number of aliphatic carboxylic acids is 3. The van der Waals surface area contributed by atoms with Gasteiger partial charge in [-0.15, -0.1) is 0 Å². The van der Waals surface area contributed by atoms with Crippen molar-refractivity contribution in [2.75, 3.05) is 6.54 Å². The van der Waals surface area contributed by atoms with Crippen molar-refractivity contribution in [3.63, 3.8) is 0 Å². The van der Waals surface area contributed by atoms with Gasteiger partial charge in [0.25, 0.3) is 0 Å². The molecule has 0 aliphatic carbocycles. The van der Waals surface area contributed by atoms with Crippen LogP contribution in [0.15, 0.2) is 0 Å². The van der Waals surface area contributed by atoms with Crippen molar-refractivity contribution in [1.29, 1.82) is 0 Å². The summed E-state index contributed by atoms with van der Waals surface area (Å²) < 4.78 is -0.463. The zero-order valence-electron chi connectivity index (χ0n) is 25.8. The number of nitrogens with zero attached hydrogens (tertiary/aromatic N) is 1. The largest absolute Gasteiger partial charge is 0.544 e. The second-order valence-corrected chi connectivity index (χ2v) is 11.5. The van der Waals surface area contributed by atoms with Crippen molar-refractivity contribution in [2.45, 2.75) is 181 Å². The maximum absolute atomic E-state index is 12.2. The van der Waals surface area contributed by atoms with Crippen molar-refractivity contribution in [2.24, 2.45) is 0 Å². The van der Waals surface area contributed by atoms with E-state index >= 15 is 0 Å². The van der Waals surface area contributed by atoms with Gasteiger partial charge in [-0.3, -0.25) is 4.48 Å². The molecule has 0 saturated heterocycles. The van der Waals surface area contributed by atoms with Gasteiger partial charge in [0.1, 0.15) is 6.04 Å². The van der Waals surface area contributed by atoms with Crippen molar-refractivity contribution in [1.82, 2.24) is 0 Å². The molecule has 2 N–H and O–H groups in total. The lowest BCUT2D eigenvalue weighted by Gasteiger charge is -2.51. The highest BCUT2D eigenvalue weighted by molar-refractivity contribution is 5.77. The highest BCUT2D eigenvalue weighted by atomic mass is 16.4. The molecule has 0 saturated carbocycles. The minimum atomic E-state index is -1.36. The van der Waals surface area contributed by atoms with Crippen molar-refractivity contribution < 1.29 is 34.2 Å². The molecule has 0 radical (unpaired) electrons. The fourth-order valence-electron chi connectivity index (χ4n) is 6.55. The van der Waals surface area contributed by atoms with E-state index < -0.39 is 40.5 Å². The Labute approximate surface area is 239 Å². The molecule has 7 nitrogen and oxygen atoms in total. The van der Waals surface area contributed by atoms with Gasteiger partial charge in [-0.05, 0) is 12.8 Å². The maximum atomic E-state index is 12.2. The Morgan fingerprint density at radius 3 is 1.03 bits per heavy atom. The molecule has 0 rings (SSSR count). The third-order valence-electron chi connectivity index (χ3n) is 8.64. The molecule has 0 aromatic rings. The molecular formula is C32H61NO6. The Morgan fingerprint density at radius 1 is 0.513 bits per heavy atom. The third kappa shape index (κ3) is 14.0. The molecule has 7 heteroatoms. The van der Waals surface area contributed by atoms with Crippen LogP contribution in [0.3, 0.4) is 0 Å². The first-order chi connectivity index (χ1) is 18.7. The molecule has 0 aromatic carbocycles. The Morgan fingerprint density at radius 2 is 0.795 bits per heavy atom.